The molecular formula is C19H20N4O2. The number of fused-ring (bicyclic) bond motifs is 1. The number of carbonyl (C=O) groups excluding carboxylic acids is 1. The Bertz CT molecular complexity index is 948. The molecule has 0 aliphatic heterocycles. The number of nitrogens with zero attached hydrogens (tertiary/aromatic N) is 2. The van der Waals surface area contributed by atoms with Crippen molar-refractivity contribution in [2.24, 2.45) is 5.73 Å². The Morgan fingerprint density at radius 1 is 1.12 bits per heavy atom. The predicted molar refractivity (Wildman–Crippen MR) is 97.1 cm³/mol. The summed E-state index contributed by atoms with van der Waals surface area (Å²) in [4.78, 5) is 32.9. The first kappa shape index (κ1) is 16.9. The second-order valence-corrected chi connectivity index (χ2v) is 5.89. The minimum atomic E-state index is -0.433. The van der Waals surface area contributed by atoms with Crippen LogP contribution in [0, 0.1) is 0 Å². The first-order valence-electron chi connectivity index (χ1n) is 8.16. The van der Waals surface area contributed by atoms with Gasteiger partial charge in [-0.25, -0.2) is 4.98 Å². The number of nitrogens with two attached hydrogens (primary N) is 1. The Morgan fingerprint density at radius 2 is 1.84 bits per heavy atom. The molecule has 1 aromatic heterocycles. The van der Waals surface area contributed by atoms with Gasteiger partial charge in [0.1, 0.15) is 5.82 Å². The fourth-order valence-electron chi connectivity index (χ4n) is 2.73. The number of hydrogen-bond acceptors (Lipinski definition) is 4. The number of para-hydroxylation sites is 1. The molecule has 0 unspecified atom stereocenters. The van der Waals surface area contributed by atoms with E-state index in [2.05, 4.69) is 21.8 Å². The average molecular weight is 336 g/mol. The van der Waals surface area contributed by atoms with E-state index >= 15 is 0 Å². The SMILES string of the molecule is CCN(Cc1ccc(C(N)=O)cc1)Cc1nc2ccccc2c(=O)[nH]1. The highest BCUT2D eigenvalue weighted by Crippen LogP contribution is 2.11. The summed E-state index contributed by atoms with van der Waals surface area (Å²) in [6.45, 7) is 4.07. The number of aromatic amines is 1. The molecule has 0 aliphatic carbocycles. The van der Waals surface area contributed by atoms with Gasteiger partial charge in [0.15, 0.2) is 0 Å². The van der Waals surface area contributed by atoms with Crippen LogP contribution < -0.4 is 11.3 Å². The standard InChI is InChI=1S/C19H20N4O2/c1-2-23(11-13-7-9-14(10-8-13)18(20)24)12-17-21-16-6-4-3-5-15(16)19(25)22-17/h3-10H,2,11-12H2,1H3,(H2,20,24)(H,21,22,25). The van der Waals surface area contributed by atoms with Gasteiger partial charge in [0.05, 0.1) is 17.4 Å². The molecule has 0 aliphatic rings. The number of benzene rings is 2. The van der Waals surface area contributed by atoms with Crippen LogP contribution >= 0.6 is 0 Å². The van der Waals surface area contributed by atoms with Crippen LogP contribution in [0.15, 0.2) is 53.3 Å². The molecule has 0 fully saturated rings. The zero-order chi connectivity index (χ0) is 17.8. The van der Waals surface area contributed by atoms with Gasteiger partial charge < -0.3 is 10.7 Å². The number of carbonyl (C=O) groups is 1. The first-order chi connectivity index (χ1) is 12.1. The zero-order valence-electron chi connectivity index (χ0n) is 14.0. The molecule has 3 rings (SSSR count). The van der Waals surface area contributed by atoms with E-state index in [0.29, 0.717) is 35.4 Å². The number of hydrogen-bond donors (Lipinski definition) is 2. The van der Waals surface area contributed by atoms with Crippen LogP contribution in [0.1, 0.15) is 28.7 Å². The molecule has 128 valence electrons. The summed E-state index contributed by atoms with van der Waals surface area (Å²) in [5, 5.41) is 0.594. The Labute approximate surface area is 145 Å². The van der Waals surface area contributed by atoms with Gasteiger partial charge in [0.2, 0.25) is 5.91 Å². The molecule has 0 radical (unpaired) electrons. The van der Waals surface area contributed by atoms with Gasteiger partial charge in [-0.05, 0) is 36.4 Å². The quantitative estimate of drug-likeness (QED) is 0.720. The lowest BCUT2D eigenvalue weighted by Crippen LogP contribution is -2.25. The topological polar surface area (TPSA) is 92.1 Å². The second-order valence-electron chi connectivity index (χ2n) is 5.89. The largest absolute Gasteiger partial charge is 0.366 e. The van der Waals surface area contributed by atoms with Crippen LogP contribution in [0.25, 0.3) is 10.9 Å². The molecule has 1 heterocycles. The number of nitrogens with one attached hydrogen (secondary N) is 1. The Balaban J connectivity index is 1.78. The smallest absolute Gasteiger partial charge is 0.258 e. The first-order valence-corrected chi connectivity index (χ1v) is 8.16. The Morgan fingerprint density at radius 3 is 2.52 bits per heavy atom. The maximum atomic E-state index is 12.2. The predicted octanol–water partition coefficient (Wildman–Crippen LogP) is 2.04. The highest BCUT2D eigenvalue weighted by Gasteiger charge is 2.09. The minimum absolute atomic E-state index is 0.123. The number of rotatable bonds is 6. The normalized spacial score (nSPS) is 11.1. The van der Waals surface area contributed by atoms with Crippen molar-refractivity contribution in [3.63, 3.8) is 0 Å². The fourth-order valence-corrected chi connectivity index (χ4v) is 2.73. The molecule has 0 atom stereocenters. The minimum Gasteiger partial charge on any atom is -0.366 e. The molecule has 0 saturated carbocycles. The molecule has 2 aromatic carbocycles. The van der Waals surface area contributed by atoms with E-state index in [1.54, 1.807) is 18.2 Å². The molecule has 3 N–H and O–H groups in total. The van der Waals surface area contributed by atoms with Gasteiger partial charge in [-0.1, -0.05) is 31.2 Å². The van der Waals surface area contributed by atoms with Crippen molar-refractivity contribution in [1.29, 1.82) is 0 Å². The molecule has 1 amide bonds. The molecule has 6 nitrogen and oxygen atoms in total. The van der Waals surface area contributed by atoms with Crippen molar-refractivity contribution in [3.05, 3.63) is 75.8 Å². The van der Waals surface area contributed by atoms with Crippen molar-refractivity contribution >= 4 is 16.8 Å². The highest BCUT2D eigenvalue weighted by molar-refractivity contribution is 5.92. The third-order valence-electron chi connectivity index (χ3n) is 4.13. The molecule has 0 saturated heterocycles. The molecule has 0 bridgehead atoms. The van der Waals surface area contributed by atoms with Crippen LogP contribution in [0.3, 0.4) is 0 Å². The van der Waals surface area contributed by atoms with E-state index in [0.717, 1.165) is 12.1 Å². The summed E-state index contributed by atoms with van der Waals surface area (Å²) < 4.78 is 0. The van der Waals surface area contributed by atoms with Gasteiger partial charge in [-0.2, -0.15) is 0 Å². The Kier molecular flexibility index (Phi) is 4.90. The van der Waals surface area contributed by atoms with Gasteiger partial charge in [0.25, 0.3) is 5.56 Å². The zero-order valence-corrected chi connectivity index (χ0v) is 14.0. The van der Waals surface area contributed by atoms with E-state index in [-0.39, 0.29) is 5.56 Å². The fraction of sp³-hybridized carbons (Fsp3) is 0.211. The molecule has 0 spiro atoms. The van der Waals surface area contributed by atoms with Crippen molar-refractivity contribution in [1.82, 2.24) is 14.9 Å². The van der Waals surface area contributed by atoms with E-state index in [9.17, 15) is 9.59 Å². The second kappa shape index (κ2) is 7.27. The summed E-state index contributed by atoms with van der Waals surface area (Å²) in [6, 6.07) is 14.5. The van der Waals surface area contributed by atoms with Gasteiger partial charge in [-0.15, -0.1) is 0 Å². The molecular weight excluding hydrogens is 316 g/mol. The van der Waals surface area contributed by atoms with Crippen LogP contribution in [-0.4, -0.2) is 27.3 Å². The third kappa shape index (κ3) is 3.92. The number of amides is 1. The summed E-state index contributed by atoms with van der Waals surface area (Å²) in [7, 11) is 0. The summed E-state index contributed by atoms with van der Waals surface area (Å²) in [5.74, 6) is 0.205. The third-order valence-corrected chi connectivity index (χ3v) is 4.13. The van der Waals surface area contributed by atoms with Crippen molar-refractivity contribution in [2.75, 3.05) is 6.54 Å². The van der Waals surface area contributed by atoms with Gasteiger partial charge in [-0.3, -0.25) is 14.5 Å². The van der Waals surface area contributed by atoms with Crippen LogP contribution in [0.5, 0.6) is 0 Å². The van der Waals surface area contributed by atoms with Crippen LogP contribution in [-0.2, 0) is 13.1 Å². The van der Waals surface area contributed by atoms with Gasteiger partial charge >= 0.3 is 0 Å². The van der Waals surface area contributed by atoms with Crippen molar-refractivity contribution < 1.29 is 4.79 Å². The lowest BCUT2D eigenvalue weighted by molar-refractivity contribution is 0.100. The number of H-pyrrole nitrogens is 1. The van der Waals surface area contributed by atoms with Crippen LogP contribution in [0.2, 0.25) is 0 Å². The maximum absolute atomic E-state index is 12.2. The number of aromatic nitrogens is 2. The molecule has 6 heteroatoms. The van der Waals surface area contributed by atoms with Crippen LogP contribution in [0.4, 0.5) is 0 Å². The monoisotopic (exact) mass is 336 g/mol. The summed E-state index contributed by atoms with van der Waals surface area (Å²) >= 11 is 0. The summed E-state index contributed by atoms with van der Waals surface area (Å²) in [5.41, 5.74) is 7.39. The van der Waals surface area contributed by atoms with Crippen molar-refractivity contribution in [3.8, 4) is 0 Å². The van der Waals surface area contributed by atoms with E-state index in [1.807, 2.05) is 30.3 Å². The summed E-state index contributed by atoms with van der Waals surface area (Å²) in [6.07, 6.45) is 0. The number of primary amides is 1. The highest BCUT2D eigenvalue weighted by atomic mass is 16.1. The van der Waals surface area contributed by atoms with E-state index in [1.165, 1.54) is 0 Å². The average Bonchev–Trinajstić information content (AvgIpc) is 2.61. The van der Waals surface area contributed by atoms with Crippen molar-refractivity contribution in [2.45, 2.75) is 20.0 Å². The lowest BCUT2D eigenvalue weighted by Gasteiger charge is -2.20. The van der Waals surface area contributed by atoms with Gasteiger partial charge in [0, 0.05) is 12.1 Å². The van der Waals surface area contributed by atoms with E-state index in [4.69, 9.17) is 5.73 Å². The maximum Gasteiger partial charge on any atom is 0.258 e. The Hall–Kier alpha value is -2.99. The lowest BCUT2D eigenvalue weighted by atomic mass is 10.1. The molecule has 3 aromatic rings. The van der Waals surface area contributed by atoms with E-state index < -0.39 is 5.91 Å². The molecule has 25 heavy (non-hydrogen) atoms.